The number of nitrogens with one attached hydrogen (secondary N) is 2. The molecule has 2 rings (SSSR count). The van der Waals surface area contributed by atoms with E-state index < -0.39 is 5.97 Å². The first kappa shape index (κ1) is 22.5. The lowest BCUT2D eigenvalue weighted by Crippen LogP contribution is -2.13. The third-order valence-electron chi connectivity index (χ3n) is 3.97. The summed E-state index contributed by atoms with van der Waals surface area (Å²) in [6, 6.07) is 7.67. The van der Waals surface area contributed by atoms with Gasteiger partial charge in [-0.2, -0.15) is 5.26 Å². The number of ether oxygens (including phenoxy) is 1. The maximum absolute atomic E-state index is 12.8. The first-order valence-corrected chi connectivity index (χ1v) is 10.8. The van der Waals surface area contributed by atoms with Crippen LogP contribution < -0.4 is 10.6 Å². The summed E-state index contributed by atoms with van der Waals surface area (Å²) in [5, 5.41) is 16.0. The monoisotopic (exact) mass is 430 g/mol. The van der Waals surface area contributed by atoms with Gasteiger partial charge in [0.15, 0.2) is 10.7 Å². The molecule has 2 aromatic rings. The minimum absolute atomic E-state index is 0.131. The number of rotatable bonds is 7. The number of aryl methyl sites for hydroxylation is 3. The van der Waals surface area contributed by atoms with Crippen LogP contribution in [0, 0.1) is 32.1 Å². The zero-order valence-corrected chi connectivity index (χ0v) is 18.5. The maximum Gasteiger partial charge on any atom is 0.351 e. The van der Waals surface area contributed by atoms with E-state index in [2.05, 4.69) is 15.6 Å². The zero-order valence-electron chi connectivity index (χ0n) is 16.9. The molecule has 0 aliphatic rings. The number of hydrogen-bond acceptors (Lipinski definition) is 8. The van der Waals surface area contributed by atoms with Gasteiger partial charge in [-0.1, -0.05) is 29.5 Å². The largest absolute Gasteiger partial charge is 0.462 e. The summed E-state index contributed by atoms with van der Waals surface area (Å²) in [4.78, 5) is 29.6. The molecule has 0 atom stereocenters. The van der Waals surface area contributed by atoms with Crippen molar-refractivity contribution in [1.29, 1.82) is 5.26 Å². The molecular weight excluding hydrogens is 408 g/mol. The van der Waals surface area contributed by atoms with Crippen molar-refractivity contribution in [2.24, 2.45) is 0 Å². The number of hydrogen-bond donors (Lipinski definition) is 2. The Labute approximate surface area is 178 Å². The van der Waals surface area contributed by atoms with Crippen LogP contribution in [0.25, 0.3) is 0 Å². The van der Waals surface area contributed by atoms with Gasteiger partial charge in [-0.25, -0.2) is 9.78 Å². The molecule has 1 aromatic heterocycles. The summed E-state index contributed by atoms with van der Waals surface area (Å²) in [6.07, 6.45) is 1.73. The minimum atomic E-state index is -0.701. The highest BCUT2D eigenvalue weighted by atomic mass is 32.2. The van der Waals surface area contributed by atoms with Gasteiger partial charge >= 0.3 is 5.97 Å². The molecule has 2 N–H and O–H groups in total. The fourth-order valence-electron chi connectivity index (χ4n) is 2.55. The van der Waals surface area contributed by atoms with Crippen LogP contribution in [0.15, 0.2) is 28.8 Å². The molecule has 0 aliphatic heterocycles. The summed E-state index contributed by atoms with van der Waals surface area (Å²) >= 11 is 2.34. The minimum Gasteiger partial charge on any atom is -0.462 e. The summed E-state index contributed by atoms with van der Waals surface area (Å²) < 4.78 is 4.92. The molecular formula is C20H22N4O3S2. The summed E-state index contributed by atoms with van der Waals surface area (Å²) in [6.45, 7) is 7.45. The van der Waals surface area contributed by atoms with Crippen LogP contribution in [0.5, 0.6) is 0 Å². The molecule has 0 saturated heterocycles. The van der Waals surface area contributed by atoms with Gasteiger partial charge in [0.05, 0.1) is 17.3 Å². The number of anilines is 2. The molecule has 0 saturated carbocycles. The molecule has 1 heterocycles. The van der Waals surface area contributed by atoms with Gasteiger partial charge in [0.2, 0.25) is 0 Å². The van der Waals surface area contributed by atoms with E-state index in [9.17, 15) is 14.9 Å². The zero-order chi connectivity index (χ0) is 21.6. The lowest BCUT2D eigenvalue weighted by molar-refractivity contribution is -0.138. The highest BCUT2D eigenvalue weighted by Gasteiger charge is 2.20. The van der Waals surface area contributed by atoms with Crippen molar-refractivity contribution < 1.29 is 14.3 Å². The number of amides is 1. The van der Waals surface area contributed by atoms with E-state index in [0.29, 0.717) is 20.7 Å². The van der Waals surface area contributed by atoms with Crippen molar-refractivity contribution in [3.63, 3.8) is 0 Å². The molecule has 9 heteroatoms. The fourth-order valence-corrected chi connectivity index (χ4v) is 4.01. The predicted molar refractivity (Wildman–Crippen MR) is 117 cm³/mol. The fraction of sp³-hybridized carbons (Fsp3) is 0.300. The second kappa shape index (κ2) is 10.1. The number of benzene rings is 1. The van der Waals surface area contributed by atoms with Gasteiger partial charge in [0.25, 0.3) is 5.91 Å². The smallest absolute Gasteiger partial charge is 0.351 e. The Balaban J connectivity index is 2.28. The topological polar surface area (TPSA) is 104 Å². The van der Waals surface area contributed by atoms with Crippen molar-refractivity contribution in [3.8, 4) is 6.07 Å². The Morgan fingerprint density at radius 2 is 1.90 bits per heavy atom. The second-order valence-electron chi connectivity index (χ2n) is 6.02. The van der Waals surface area contributed by atoms with Crippen molar-refractivity contribution in [2.45, 2.75) is 27.7 Å². The van der Waals surface area contributed by atoms with Gasteiger partial charge < -0.3 is 15.4 Å². The van der Waals surface area contributed by atoms with Gasteiger partial charge in [0, 0.05) is 5.69 Å². The van der Waals surface area contributed by atoms with Gasteiger partial charge in [-0.05, 0) is 45.1 Å². The predicted octanol–water partition coefficient (Wildman–Crippen LogP) is 4.39. The van der Waals surface area contributed by atoms with E-state index in [1.54, 1.807) is 20.1 Å². The lowest BCUT2D eigenvalue weighted by atomic mass is 10.1. The lowest BCUT2D eigenvalue weighted by Gasteiger charge is -2.10. The average molecular weight is 431 g/mol. The number of carbonyl (C=O) groups is 2. The number of nitriles is 1. The molecule has 152 valence electrons. The number of esters is 1. The molecule has 29 heavy (non-hydrogen) atoms. The summed E-state index contributed by atoms with van der Waals surface area (Å²) in [5.41, 5.74) is 3.14. The van der Waals surface area contributed by atoms with Crippen molar-refractivity contribution >= 4 is 45.8 Å². The Morgan fingerprint density at radius 1 is 1.24 bits per heavy atom. The molecule has 0 aliphatic carbocycles. The molecule has 1 amide bonds. The molecule has 0 unspecified atom stereocenters. The average Bonchev–Trinajstić information content (AvgIpc) is 3.05. The van der Waals surface area contributed by atoms with E-state index in [0.717, 1.165) is 28.2 Å². The molecule has 0 fully saturated rings. The molecule has 1 aromatic carbocycles. The van der Waals surface area contributed by atoms with Crippen molar-refractivity contribution in [1.82, 2.24) is 4.98 Å². The Kier molecular flexibility index (Phi) is 7.82. The Bertz CT molecular complexity index is 985. The van der Waals surface area contributed by atoms with Crippen LogP contribution in [-0.4, -0.2) is 29.7 Å². The van der Waals surface area contributed by atoms with E-state index >= 15 is 0 Å². The van der Waals surface area contributed by atoms with Crippen LogP contribution in [-0.2, 0) is 9.53 Å². The van der Waals surface area contributed by atoms with E-state index in [4.69, 9.17) is 4.74 Å². The SMILES string of the molecule is CCOC(=O)/C(C#N)=C(\Nc1nc(C)c(C(=O)Nc2c(C)cccc2C)s1)SC. The number of carbonyl (C=O) groups excluding carboxylic acids is 2. The first-order chi connectivity index (χ1) is 13.8. The second-order valence-corrected chi connectivity index (χ2v) is 7.84. The third kappa shape index (κ3) is 5.37. The molecule has 7 nitrogen and oxygen atoms in total. The number of thioether (sulfide) groups is 1. The number of nitrogens with zero attached hydrogens (tertiary/aromatic N) is 2. The Hall–Kier alpha value is -2.83. The van der Waals surface area contributed by atoms with E-state index in [1.807, 2.05) is 38.1 Å². The number of aromatic nitrogens is 1. The summed E-state index contributed by atoms with van der Waals surface area (Å²) in [7, 11) is 0. The normalized spacial score (nSPS) is 11.3. The summed E-state index contributed by atoms with van der Waals surface area (Å²) in [5.74, 6) is -0.959. The van der Waals surface area contributed by atoms with Crippen molar-refractivity contribution in [2.75, 3.05) is 23.5 Å². The third-order valence-corrected chi connectivity index (χ3v) is 5.75. The number of thiazole rings is 1. The Morgan fingerprint density at radius 3 is 2.45 bits per heavy atom. The van der Waals surface area contributed by atoms with E-state index in [-0.39, 0.29) is 18.1 Å². The van der Waals surface area contributed by atoms with Gasteiger partial charge in [-0.3, -0.25) is 4.79 Å². The molecule has 0 bridgehead atoms. The maximum atomic E-state index is 12.8. The van der Waals surface area contributed by atoms with Crippen LogP contribution in [0.2, 0.25) is 0 Å². The quantitative estimate of drug-likeness (QED) is 0.381. The highest BCUT2D eigenvalue weighted by molar-refractivity contribution is 8.02. The van der Waals surface area contributed by atoms with Crippen LogP contribution >= 0.6 is 23.1 Å². The first-order valence-electron chi connectivity index (χ1n) is 8.79. The van der Waals surface area contributed by atoms with E-state index in [1.165, 1.54) is 11.8 Å². The van der Waals surface area contributed by atoms with Crippen LogP contribution in [0.3, 0.4) is 0 Å². The van der Waals surface area contributed by atoms with Gasteiger partial charge in [-0.15, -0.1) is 11.8 Å². The van der Waals surface area contributed by atoms with Gasteiger partial charge in [0.1, 0.15) is 10.9 Å². The number of para-hydroxylation sites is 1. The molecule has 0 radical (unpaired) electrons. The van der Waals surface area contributed by atoms with Crippen molar-refractivity contribution in [3.05, 3.63) is 50.5 Å². The molecule has 0 spiro atoms. The van der Waals surface area contributed by atoms with Crippen LogP contribution in [0.4, 0.5) is 10.8 Å². The standard InChI is InChI=1S/C20H22N4O3S2/c1-6-27-19(26)14(10-21)18(28-5)24-20-22-13(4)16(29-20)17(25)23-15-11(2)8-7-9-12(15)3/h7-9H,6H2,1-5H3,(H,22,24)(H,23,25)/b18-14+. The van der Waals surface area contributed by atoms with Crippen LogP contribution in [0.1, 0.15) is 33.4 Å². The highest BCUT2D eigenvalue weighted by Crippen LogP contribution is 2.29.